The van der Waals surface area contributed by atoms with Crippen molar-refractivity contribution in [3.05, 3.63) is 18.2 Å². The number of aryl methyl sites for hydroxylation is 1. The first-order valence-corrected chi connectivity index (χ1v) is 5.11. The minimum absolute atomic E-state index is 1.03. The number of hydrogen-bond acceptors (Lipinski definition) is 2. The van der Waals surface area contributed by atoms with Crippen LogP contribution in [0.2, 0.25) is 0 Å². The molecular weight excluding hydrogens is 156 g/mol. The normalized spacial score (nSPS) is 10.4. The topological polar surface area (TPSA) is 17.8 Å². The molecule has 0 saturated carbocycles. The number of rotatable bonds is 4. The lowest BCUT2D eigenvalue weighted by Gasteiger charge is -2.02. The summed E-state index contributed by atoms with van der Waals surface area (Å²) in [5.41, 5.74) is 0. The van der Waals surface area contributed by atoms with Gasteiger partial charge in [-0.05, 0) is 12.7 Å². The molecule has 0 atom stereocenters. The van der Waals surface area contributed by atoms with Gasteiger partial charge in [0.1, 0.15) is 5.82 Å². The van der Waals surface area contributed by atoms with Crippen molar-refractivity contribution >= 4 is 11.8 Å². The second-order valence-electron chi connectivity index (χ2n) is 2.27. The lowest BCUT2D eigenvalue weighted by Crippen LogP contribution is -1.98. The molecule has 3 heteroatoms. The van der Waals surface area contributed by atoms with E-state index < -0.39 is 0 Å². The van der Waals surface area contributed by atoms with Gasteiger partial charge in [-0.15, -0.1) is 0 Å². The lowest BCUT2D eigenvalue weighted by atomic mass is 10.6. The standard InChI is InChI=1S/C8H14N2S/c1-3-10-6-5-9-8(10)7-11-4-2/h5-6H,3-4,7H2,1-2H3. The molecular formula is C8H14N2S. The molecule has 0 unspecified atom stereocenters. The number of imidazole rings is 1. The maximum Gasteiger partial charge on any atom is 0.118 e. The summed E-state index contributed by atoms with van der Waals surface area (Å²) in [4.78, 5) is 4.27. The van der Waals surface area contributed by atoms with Gasteiger partial charge in [0.05, 0.1) is 5.75 Å². The van der Waals surface area contributed by atoms with Crippen LogP contribution in [0.15, 0.2) is 12.4 Å². The van der Waals surface area contributed by atoms with Crippen molar-refractivity contribution in [1.29, 1.82) is 0 Å². The monoisotopic (exact) mass is 170 g/mol. The molecule has 0 fully saturated rings. The largest absolute Gasteiger partial charge is 0.335 e. The van der Waals surface area contributed by atoms with E-state index in [1.807, 2.05) is 24.2 Å². The minimum Gasteiger partial charge on any atom is -0.335 e. The van der Waals surface area contributed by atoms with Gasteiger partial charge in [0, 0.05) is 18.9 Å². The van der Waals surface area contributed by atoms with Crippen LogP contribution < -0.4 is 0 Å². The Balaban J connectivity index is 2.54. The number of nitrogens with zero attached hydrogens (tertiary/aromatic N) is 2. The number of aromatic nitrogens is 2. The highest BCUT2D eigenvalue weighted by atomic mass is 32.2. The Hall–Kier alpha value is -0.440. The Morgan fingerprint density at radius 2 is 2.36 bits per heavy atom. The summed E-state index contributed by atoms with van der Waals surface area (Å²) >= 11 is 1.91. The fraction of sp³-hybridized carbons (Fsp3) is 0.625. The molecule has 2 nitrogen and oxygen atoms in total. The van der Waals surface area contributed by atoms with E-state index in [-0.39, 0.29) is 0 Å². The summed E-state index contributed by atoms with van der Waals surface area (Å²) < 4.78 is 2.18. The summed E-state index contributed by atoms with van der Waals surface area (Å²) in [5.74, 6) is 3.40. The molecule has 0 aliphatic carbocycles. The summed E-state index contributed by atoms with van der Waals surface area (Å²) in [5, 5.41) is 0. The molecule has 1 aromatic rings. The van der Waals surface area contributed by atoms with Crippen molar-refractivity contribution in [2.24, 2.45) is 0 Å². The molecule has 0 aliphatic rings. The van der Waals surface area contributed by atoms with Gasteiger partial charge in [-0.2, -0.15) is 11.8 Å². The molecule has 0 aromatic carbocycles. The maximum absolute atomic E-state index is 4.27. The van der Waals surface area contributed by atoms with Crippen LogP contribution in [0.3, 0.4) is 0 Å². The fourth-order valence-electron chi connectivity index (χ4n) is 0.961. The molecule has 0 N–H and O–H groups in total. The fourth-order valence-corrected chi connectivity index (χ4v) is 1.59. The molecule has 62 valence electrons. The van der Waals surface area contributed by atoms with Crippen molar-refractivity contribution < 1.29 is 0 Å². The molecule has 1 rings (SSSR count). The Kier molecular flexibility index (Phi) is 3.49. The zero-order chi connectivity index (χ0) is 8.10. The Bertz CT molecular complexity index is 208. The van der Waals surface area contributed by atoms with Crippen LogP contribution >= 0.6 is 11.8 Å². The molecule has 0 bridgehead atoms. The smallest absolute Gasteiger partial charge is 0.118 e. The molecule has 0 aliphatic heterocycles. The average molecular weight is 170 g/mol. The van der Waals surface area contributed by atoms with E-state index in [0.29, 0.717) is 0 Å². The van der Waals surface area contributed by atoms with Crippen LogP contribution in [0.1, 0.15) is 19.7 Å². The first-order chi connectivity index (χ1) is 5.38. The Labute approximate surface area is 72.0 Å². The highest BCUT2D eigenvalue weighted by Gasteiger charge is 1.98. The van der Waals surface area contributed by atoms with E-state index in [1.54, 1.807) is 0 Å². The minimum atomic E-state index is 1.03. The third kappa shape index (κ3) is 2.26. The van der Waals surface area contributed by atoms with Crippen molar-refractivity contribution in [3.63, 3.8) is 0 Å². The van der Waals surface area contributed by atoms with Crippen molar-refractivity contribution in [2.75, 3.05) is 5.75 Å². The van der Waals surface area contributed by atoms with Crippen LogP contribution in [-0.4, -0.2) is 15.3 Å². The molecule has 0 amide bonds. The van der Waals surface area contributed by atoms with Crippen LogP contribution in [0.25, 0.3) is 0 Å². The van der Waals surface area contributed by atoms with Crippen LogP contribution in [0.4, 0.5) is 0 Å². The van der Waals surface area contributed by atoms with Gasteiger partial charge < -0.3 is 4.57 Å². The predicted octanol–water partition coefficient (Wildman–Crippen LogP) is 2.16. The van der Waals surface area contributed by atoms with Gasteiger partial charge >= 0.3 is 0 Å². The second kappa shape index (κ2) is 4.44. The van der Waals surface area contributed by atoms with Gasteiger partial charge in [0.2, 0.25) is 0 Å². The first-order valence-electron chi connectivity index (χ1n) is 3.96. The van der Waals surface area contributed by atoms with Gasteiger partial charge in [-0.3, -0.25) is 0 Å². The van der Waals surface area contributed by atoms with Gasteiger partial charge in [-0.25, -0.2) is 4.98 Å². The average Bonchev–Trinajstić information content (AvgIpc) is 2.47. The van der Waals surface area contributed by atoms with Crippen LogP contribution in [0.5, 0.6) is 0 Å². The second-order valence-corrected chi connectivity index (χ2v) is 3.54. The SMILES string of the molecule is CCSCc1nccn1CC. The van der Waals surface area contributed by atoms with Crippen molar-refractivity contribution in [3.8, 4) is 0 Å². The highest BCUT2D eigenvalue weighted by molar-refractivity contribution is 7.98. The van der Waals surface area contributed by atoms with Crippen molar-refractivity contribution in [2.45, 2.75) is 26.1 Å². The molecule has 0 radical (unpaired) electrons. The third-order valence-corrected chi connectivity index (χ3v) is 2.45. The van der Waals surface area contributed by atoms with E-state index in [2.05, 4.69) is 23.4 Å². The maximum atomic E-state index is 4.27. The van der Waals surface area contributed by atoms with Crippen LogP contribution in [0, 0.1) is 0 Å². The number of thioether (sulfide) groups is 1. The molecule has 1 heterocycles. The van der Waals surface area contributed by atoms with Gasteiger partial charge in [0.25, 0.3) is 0 Å². The first kappa shape index (κ1) is 8.65. The van der Waals surface area contributed by atoms with Gasteiger partial charge in [0.15, 0.2) is 0 Å². The molecule has 1 aromatic heterocycles. The predicted molar refractivity (Wildman–Crippen MR) is 49.7 cm³/mol. The highest BCUT2D eigenvalue weighted by Crippen LogP contribution is 2.09. The zero-order valence-electron chi connectivity index (χ0n) is 7.08. The Morgan fingerprint density at radius 1 is 1.55 bits per heavy atom. The van der Waals surface area contributed by atoms with E-state index in [4.69, 9.17) is 0 Å². The van der Waals surface area contributed by atoms with Crippen LogP contribution in [-0.2, 0) is 12.3 Å². The summed E-state index contributed by atoms with van der Waals surface area (Å²) in [6.45, 7) is 5.34. The summed E-state index contributed by atoms with van der Waals surface area (Å²) in [6.07, 6.45) is 3.90. The molecule has 11 heavy (non-hydrogen) atoms. The van der Waals surface area contributed by atoms with E-state index in [9.17, 15) is 0 Å². The summed E-state index contributed by atoms with van der Waals surface area (Å²) in [6, 6.07) is 0. The molecule has 0 spiro atoms. The summed E-state index contributed by atoms with van der Waals surface area (Å²) in [7, 11) is 0. The van der Waals surface area contributed by atoms with E-state index in [0.717, 1.165) is 18.1 Å². The van der Waals surface area contributed by atoms with Gasteiger partial charge in [-0.1, -0.05) is 6.92 Å². The third-order valence-electron chi connectivity index (χ3n) is 1.58. The van der Waals surface area contributed by atoms with E-state index >= 15 is 0 Å². The quantitative estimate of drug-likeness (QED) is 0.689. The lowest BCUT2D eigenvalue weighted by molar-refractivity contribution is 0.726. The van der Waals surface area contributed by atoms with Crippen molar-refractivity contribution in [1.82, 2.24) is 9.55 Å². The molecule has 0 saturated heterocycles. The zero-order valence-corrected chi connectivity index (χ0v) is 7.90. The number of hydrogen-bond donors (Lipinski definition) is 0. The Morgan fingerprint density at radius 3 is 3.00 bits per heavy atom. The van der Waals surface area contributed by atoms with E-state index in [1.165, 1.54) is 5.82 Å².